The van der Waals surface area contributed by atoms with Crippen LogP contribution in [0.1, 0.15) is 21.9 Å². The van der Waals surface area contributed by atoms with Crippen LogP contribution in [-0.4, -0.2) is 36.3 Å². The Labute approximate surface area is 232 Å². The maximum Gasteiger partial charge on any atom is 0.305 e. The molecular formula is C29H24N2O6S2. The van der Waals surface area contributed by atoms with Gasteiger partial charge in [0.05, 0.1) is 30.9 Å². The van der Waals surface area contributed by atoms with Crippen LogP contribution in [0.25, 0.3) is 0 Å². The summed E-state index contributed by atoms with van der Waals surface area (Å²) < 4.78 is 16.9. The molecule has 1 N–H and O–H groups in total. The first kappa shape index (κ1) is 25.3. The van der Waals surface area contributed by atoms with Crippen LogP contribution in [0.15, 0.2) is 82.6 Å². The maximum atomic E-state index is 13.9. The highest BCUT2D eigenvalue weighted by Crippen LogP contribution is 2.53. The van der Waals surface area contributed by atoms with Crippen LogP contribution in [0, 0.1) is 5.92 Å². The Morgan fingerprint density at radius 2 is 1.64 bits per heavy atom. The second kappa shape index (κ2) is 10.3. The summed E-state index contributed by atoms with van der Waals surface area (Å²) in [5.41, 5.74) is 2.27. The zero-order chi connectivity index (χ0) is 27.1. The third-order valence-corrected chi connectivity index (χ3v) is 9.34. The summed E-state index contributed by atoms with van der Waals surface area (Å²) in [6, 6.07) is 22.2. The van der Waals surface area contributed by atoms with Crippen molar-refractivity contribution in [3.05, 3.63) is 98.5 Å². The van der Waals surface area contributed by atoms with Gasteiger partial charge in [0.2, 0.25) is 11.8 Å². The molecule has 2 amide bonds. The number of fused-ring (bicyclic) bond motifs is 2. The first-order valence-corrected chi connectivity index (χ1v) is 13.9. The predicted molar refractivity (Wildman–Crippen MR) is 149 cm³/mol. The molecule has 6 rings (SSSR count). The number of hydrogen-bond donors (Lipinski definition) is 1. The zero-order valence-electron chi connectivity index (χ0n) is 21.1. The van der Waals surface area contributed by atoms with E-state index < -0.39 is 17.1 Å². The highest BCUT2D eigenvalue weighted by molar-refractivity contribution is 8.00. The second-order valence-electron chi connectivity index (χ2n) is 9.14. The van der Waals surface area contributed by atoms with Crippen LogP contribution in [0.4, 0.5) is 5.69 Å². The van der Waals surface area contributed by atoms with E-state index in [2.05, 4.69) is 4.98 Å². The monoisotopic (exact) mass is 560 g/mol. The van der Waals surface area contributed by atoms with Crippen molar-refractivity contribution in [3.63, 3.8) is 0 Å². The van der Waals surface area contributed by atoms with E-state index in [-0.39, 0.29) is 16.7 Å². The van der Waals surface area contributed by atoms with E-state index >= 15 is 0 Å². The SMILES string of the molecule is COc1ccc(N2C(=O)[C@H]3[C@H](c4ccc(OCc5ccccc5)c(OC)c4)c4sc(=O)[nH]c4S[C@H]3C2=O)cc1. The number of hydrogen-bond acceptors (Lipinski definition) is 8. The number of carbonyl (C=O) groups is 2. The summed E-state index contributed by atoms with van der Waals surface area (Å²) in [4.78, 5) is 44.5. The van der Waals surface area contributed by atoms with E-state index in [1.165, 1.54) is 16.7 Å². The number of H-pyrrole nitrogens is 1. The molecule has 1 saturated heterocycles. The fourth-order valence-electron chi connectivity index (χ4n) is 5.09. The molecule has 8 nitrogen and oxygen atoms in total. The molecule has 2 aliphatic rings. The van der Waals surface area contributed by atoms with Crippen molar-refractivity contribution < 1.29 is 23.8 Å². The van der Waals surface area contributed by atoms with Crippen LogP contribution in [-0.2, 0) is 16.2 Å². The standard InChI is InChI=1S/C29H24N2O6S2/c1-35-19-11-9-18(10-12-19)31-27(32)23-22(24-26(30-29(34)39-24)38-25(23)28(31)33)17-8-13-20(21(14-17)36-2)37-15-16-6-4-3-5-7-16/h3-14,22-23,25H,15H2,1-2H3,(H,30,34)/t22-,23-,25+/m0/s1. The summed E-state index contributed by atoms with van der Waals surface area (Å²) in [6.45, 7) is 0.370. The molecule has 3 heterocycles. The molecule has 39 heavy (non-hydrogen) atoms. The minimum Gasteiger partial charge on any atom is -0.497 e. The van der Waals surface area contributed by atoms with Crippen molar-refractivity contribution in [3.8, 4) is 17.2 Å². The average molecular weight is 561 g/mol. The first-order valence-electron chi connectivity index (χ1n) is 12.2. The minimum atomic E-state index is -0.690. The van der Waals surface area contributed by atoms with Gasteiger partial charge in [-0.1, -0.05) is 59.5 Å². The maximum absolute atomic E-state index is 13.9. The normalized spacial score (nSPS) is 19.9. The Hall–Kier alpha value is -4.02. The van der Waals surface area contributed by atoms with E-state index in [9.17, 15) is 14.4 Å². The highest BCUT2D eigenvalue weighted by Gasteiger charge is 2.56. The van der Waals surface area contributed by atoms with Crippen LogP contribution >= 0.6 is 23.1 Å². The number of thiazole rings is 1. The van der Waals surface area contributed by atoms with E-state index in [4.69, 9.17) is 14.2 Å². The number of aromatic amines is 1. The van der Waals surface area contributed by atoms with Crippen molar-refractivity contribution in [1.82, 2.24) is 4.98 Å². The van der Waals surface area contributed by atoms with Crippen LogP contribution in [0.3, 0.4) is 0 Å². The number of benzene rings is 3. The number of ether oxygens (including phenoxy) is 3. The van der Waals surface area contributed by atoms with Crippen LogP contribution in [0.2, 0.25) is 0 Å². The number of rotatable bonds is 7. The van der Waals surface area contributed by atoms with Gasteiger partial charge < -0.3 is 19.2 Å². The number of carbonyl (C=O) groups excluding carboxylic acids is 2. The van der Waals surface area contributed by atoms with Gasteiger partial charge in [0.25, 0.3) is 0 Å². The molecule has 0 unspecified atom stereocenters. The Morgan fingerprint density at radius 3 is 2.36 bits per heavy atom. The molecule has 0 bridgehead atoms. The second-order valence-corrected chi connectivity index (χ2v) is 11.3. The molecule has 0 radical (unpaired) electrons. The lowest BCUT2D eigenvalue weighted by molar-refractivity contribution is -0.122. The summed E-state index contributed by atoms with van der Waals surface area (Å²) in [5, 5.41) is -0.0558. The summed E-state index contributed by atoms with van der Waals surface area (Å²) >= 11 is 2.32. The molecule has 198 valence electrons. The van der Waals surface area contributed by atoms with Gasteiger partial charge in [-0.05, 0) is 47.5 Å². The number of aromatic nitrogens is 1. The van der Waals surface area contributed by atoms with Crippen molar-refractivity contribution >= 4 is 40.6 Å². The van der Waals surface area contributed by atoms with Gasteiger partial charge >= 0.3 is 4.87 Å². The smallest absolute Gasteiger partial charge is 0.305 e. The van der Waals surface area contributed by atoms with Gasteiger partial charge in [-0.2, -0.15) is 0 Å². The molecule has 0 saturated carbocycles. The van der Waals surface area contributed by atoms with Crippen LogP contribution < -0.4 is 24.0 Å². The van der Waals surface area contributed by atoms with E-state index in [0.717, 1.165) is 27.3 Å². The number of anilines is 1. The molecule has 0 aliphatic carbocycles. The lowest BCUT2D eigenvalue weighted by atomic mass is 9.83. The van der Waals surface area contributed by atoms with Crippen molar-refractivity contribution in [1.29, 1.82) is 0 Å². The summed E-state index contributed by atoms with van der Waals surface area (Å²) in [7, 11) is 3.12. The quantitative estimate of drug-likeness (QED) is 0.324. The number of amides is 2. The summed E-state index contributed by atoms with van der Waals surface area (Å²) in [5.74, 6) is -0.116. The molecule has 1 fully saturated rings. The molecular weight excluding hydrogens is 536 g/mol. The highest BCUT2D eigenvalue weighted by atomic mass is 32.2. The van der Waals surface area contributed by atoms with Gasteiger partial charge in [0.1, 0.15) is 17.6 Å². The number of nitrogens with one attached hydrogen (secondary N) is 1. The topological polar surface area (TPSA) is 97.9 Å². The number of imide groups is 1. The van der Waals surface area contributed by atoms with Gasteiger partial charge in [0.15, 0.2) is 11.5 Å². The Kier molecular flexibility index (Phi) is 6.66. The lowest BCUT2D eigenvalue weighted by Gasteiger charge is -2.30. The van der Waals surface area contributed by atoms with Crippen molar-refractivity contribution in [2.45, 2.75) is 22.8 Å². The van der Waals surface area contributed by atoms with Crippen LogP contribution in [0.5, 0.6) is 17.2 Å². The molecule has 10 heteroatoms. The Morgan fingerprint density at radius 1 is 0.872 bits per heavy atom. The minimum absolute atomic E-state index is 0.223. The average Bonchev–Trinajstić information content (AvgIpc) is 3.46. The van der Waals surface area contributed by atoms with E-state index in [1.807, 2.05) is 48.5 Å². The Balaban J connectivity index is 1.37. The Bertz CT molecular complexity index is 1600. The predicted octanol–water partition coefficient (Wildman–Crippen LogP) is 4.83. The van der Waals surface area contributed by atoms with Gasteiger partial charge in [-0.25, -0.2) is 4.90 Å². The number of thioether (sulfide) groups is 1. The summed E-state index contributed by atoms with van der Waals surface area (Å²) in [6.07, 6.45) is 0. The number of nitrogens with zero attached hydrogens (tertiary/aromatic N) is 1. The largest absolute Gasteiger partial charge is 0.497 e. The molecule has 3 atom stereocenters. The fraction of sp³-hybridized carbons (Fsp3) is 0.207. The molecule has 1 aromatic heterocycles. The van der Waals surface area contributed by atoms with Crippen molar-refractivity contribution in [2.24, 2.45) is 5.92 Å². The van der Waals surface area contributed by atoms with Crippen molar-refractivity contribution in [2.75, 3.05) is 19.1 Å². The molecule has 2 aliphatic heterocycles. The molecule has 4 aromatic rings. The van der Waals surface area contributed by atoms with Gasteiger partial charge in [-0.3, -0.25) is 14.4 Å². The third kappa shape index (κ3) is 4.49. The van der Waals surface area contributed by atoms with Gasteiger partial charge in [-0.15, -0.1) is 0 Å². The van der Waals surface area contributed by atoms with E-state index in [1.54, 1.807) is 38.5 Å². The first-order chi connectivity index (χ1) is 19.0. The number of methoxy groups -OCH3 is 2. The molecule has 0 spiro atoms. The zero-order valence-corrected chi connectivity index (χ0v) is 22.7. The van der Waals surface area contributed by atoms with E-state index in [0.29, 0.717) is 34.6 Å². The van der Waals surface area contributed by atoms with Gasteiger partial charge in [0, 0.05) is 10.8 Å². The molecule has 3 aromatic carbocycles. The third-order valence-electron chi connectivity index (χ3n) is 6.94. The fourth-order valence-corrected chi connectivity index (χ4v) is 7.61. The lowest BCUT2D eigenvalue weighted by Crippen LogP contribution is -2.32.